The summed E-state index contributed by atoms with van der Waals surface area (Å²) in [6.07, 6.45) is 0.0508. The summed E-state index contributed by atoms with van der Waals surface area (Å²) in [5.41, 5.74) is 0.396. The molecule has 204 valence electrons. The lowest BCUT2D eigenvalue weighted by Crippen LogP contribution is -2.35. The SMILES string of the molecule is O=C(Nc1ccn([C@@H]2O[C@H](COCc3sccc3C(=O)O)C3O[C@H](c4ccccc4)OC32)c(=O)n1)NC1CC1. The molecule has 3 aliphatic rings. The van der Waals surface area contributed by atoms with Crippen LogP contribution in [0.4, 0.5) is 10.6 Å². The Bertz CT molecular complexity index is 1410. The normalized spacial score (nSPS) is 25.8. The Morgan fingerprint density at radius 1 is 1.10 bits per heavy atom. The van der Waals surface area contributed by atoms with E-state index in [9.17, 15) is 19.5 Å². The molecule has 0 bridgehead atoms. The summed E-state index contributed by atoms with van der Waals surface area (Å²) < 4.78 is 25.8. The predicted molar refractivity (Wildman–Crippen MR) is 137 cm³/mol. The molecule has 2 saturated heterocycles. The topological polar surface area (TPSA) is 150 Å². The molecular formula is C26H26N4O8S. The minimum Gasteiger partial charge on any atom is -0.478 e. The second-order valence-corrected chi connectivity index (χ2v) is 10.5. The van der Waals surface area contributed by atoms with Gasteiger partial charge in [0.05, 0.1) is 18.8 Å². The van der Waals surface area contributed by atoms with Crippen molar-refractivity contribution in [2.45, 2.75) is 56.3 Å². The van der Waals surface area contributed by atoms with Crippen molar-refractivity contribution in [3.8, 4) is 0 Å². The smallest absolute Gasteiger partial charge is 0.351 e. The van der Waals surface area contributed by atoms with Gasteiger partial charge in [0.15, 0.2) is 12.5 Å². The zero-order valence-corrected chi connectivity index (χ0v) is 21.4. The number of ether oxygens (including phenoxy) is 4. The molecule has 5 atom stereocenters. The number of benzene rings is 1. The molecule has 2 amide bonds. The molecular weight excluding hydrogens is 528 g/mol. The summed E-state index contributed by atoms with van der Waals surface area (Å²) in [6.45, 7) is 0.178. The molecule has 3 aromatic rings. The summed E-state index contributed by atoms with van der Waals surface area (Å²) in [5, 5.41) is 16.4. The van der Waals surface area contributed by atoms with Gasteiger partial charge in [0.2, 0.25) is 0 Å². The number of aromatic nitrogens is 2. The van der Waals surface area contributed by atoms with Crippen LogP contribution >= 0.6 is 11.3 Å². The van der Waals surface area contributed by atoms with Gasteiger partial charge in [-0.1, -0.05) is 30.3 Å². The first-order valence-corrected chi connectivity index (χ1v) is 13.4. The van der Waals surface area contributed by atoms with Crippen LogP contribution in [0.5, 0.6) is 0 Å². The number of hydrogen-bond acceptors (Lipinski definition) is 9. The van der Waals surface area contributed by atoms with E-state index in [0.717, 1.165) is 18.4 Å². The van der Waals surface area contributed by atoms with E-state index in [4.69, 9.17) is 18.9 Å². The maximum absolute atomic E-state index is 13.0. The molecule has 0 spiro atoms. The second kappa shape index (κ2) is 10.9. The molecule has 13 heteroatoms. The fraction of sp³-hybridized carbons (Fsp3) is 0.385. The van der Waals surface area contributed by atoms with Gasteiger partial charge >= 0.3 is 17.7 Å². The summed E-state index contributed by atoms with van der Waals surface area (Å²) in [5.74, 6) is -0.889. The number of aromatic carboxylic acids is 1. The Balaban J connectivity index is 1.18. The van der Waals surface area contributed by atoms with Gasteiger partial charge in [-0.15, -0.1) is 11.3 Å². The van der Waals surface area contributed by atoms with E-state index in [1.807, 2.05) is 30.3 Å². The van der Waals surface area contributed by atoms with Gasteiger partial charge in [0.1, 0.15) is 24.1 Å². The molecule has 39 heavy (non-hydrogen) atoms. The maximum atomic E-state index is 13.0. The monoisotopic (exact) mass is 554 g/mol. The van der Waals surface area contributed by atoms with E-state index in [1.165, 1.54) is 34.2 Å². The zero-order valence-electron chi connectivity index (χ0n) is 20.6. The molecule has 2 aliphatic heterocycles. The Morgan fingerprint density at radius 2 is 1.90 bits per heavy atom. The largest absolute Gasteiger partial charge is 0.478 e. The number of rotatable bonds is 9. The average molecular weight is 555 g/mol. The molecule has 0 radical (unpaired) electrons. The molecule has 2 aromatic heterocycles. The lowest BCUT2D eigenvalue weighted by Gasteiger charge is -2.21. The molecule has 1 aliphatic carbocycles. The van der Waals surface area contributed by atoms with Crippen LogP contribution in [-0.2, 0) is 25.6 Å². The van der Waals surface area contributed by atoms with Crippen LogP contribution in [0.2, 0.25) is 0 Å². The van der Waals surface area contributed by atoms with Gasteiger partial charge in [0.25, 0.3) is 0 Å². The number of nitrogens with zero attached hydrogens (tertiary/aromatic N) is 2. The summed E-state index contributed by atoms with van der Waals surface area (Å²) in [6, 6.07) is 12.2. The van der Waals surface area contributed by atoms with Crippen LogP contribution in [-0.4, -0.2) is 57.6 Å². The number of hydrogen-bond donors (Lipinski definition) is 3. The molecule has 6 rings (SSSR count). The fourth-order valence-corrected chi connectivity index (χ4v) is 5.41. The summed E-state index contributed by atoms with van der Waals surface area (Å²) >= 11 is 1.30. The molecule has 12 nitrogen and oxygen atoms in total. The van der Waals surface area contributed by atoms with E-state index in [2.05, 4.69) is 15.6 Å². The summed E-state index contributed by atoms with van der Waals surface area (Å²) in [4.78, 5) is 41.0. The number of nitrogens with one attached hydrogen (secondary N) is 2. The molecule has 3 fully saturated rings. The highest BCUT2D eigenvalue weighted by molar-refractivity contribution is 7.10. The van der Waals surface area contributed by atoms with Gasteiger partial charge in [-0.2, -0.15) is 4.98 Å². The highest BCUT2D eigenvalue weighted by atomic mass is 32.1. The highest BCUT2D eigenvalue weighted by Gasteiger charge is 2.54. The second-order valence-electron chi connectivity index (χ2n) is 9.46. The van der Waals surface area contributed by atoms with Crippen LogP contribution in [0, 0.1) is 0 Å². The van der Waals surface area contributed by atoms with Crippen LogP contribution in [0.3, 0.4) is 0 Å². The molecule has 3 N–H and O–H groups in total. The third kappa shape index (κ3) is 5.58. The zero-order chi connectivity index (χ0) is 26.9. The first-order valence-electron chi connectivity index (χ1n) is 12.5. The number of anilines is 1. The van der Waals surface area contributed by atoms with Gasteiger partial charge in [-0.25, -0.2) is 14.4 Å². The first kappa shape index (κ1) is 25.6. The molecule has 1 aromatic carbocycles. The minimum atomic E-state index is -1.01. The standard InChI is InChI=1S/C26H26N4O8S/c31-23(32)16-9-11-39-18(16)13-35-12-17-20-21(38-24(37-20)14-4-2-1-3-5-14)22(36-17)30-10-8-19(29-26(30)34)28-25(33)27-15-6-7-15/h1-5,8-11,15,17,20-22,24H,6-7,12-13H2,(H,31,32)(H2,27,28,29,33,34)/t17-,20?,21?,22-,24+/m1/s1. The Labute approximate surface area is 226 Å². The fourth-order valence-electron chi connectivity index (χ4n) is 4.61. The number of carboxylic acids is 1. The molecule has 1 saturated carbocycles. The van der Waals surface area contributed by atoms with Gasteiger partial charge in [-0.05, 0) is 30.4 Å². The van der Waals surface area contributed by atoms with Crippen molar-refractivity contribution < 1.29 is 33.6 Å². The van der Waals surface area contributed by atoms with Crippen LogP contribution in [0.1, 0.15) is 46.2 Å². The van der Waals surface area contributed by atoms with Crippen molar-refractivity contribution in [2.24, 2.45) is 0 Å². The molecule has 2 unspecified atom stereocenters. The quantitative estimate of drug-likeness (QED) is 0.363. The average Bonchev–Trinajstić information content (AvgIpc) is 3.30. The van der Waals surface area contributed by atoms with Crippen molar-refractivity contribution in [3.63, 3.8) is 0 Å². The van der Waals surface area contributed by atoms with Crippen LogP contribution < -0.4 is 16.3 Å². The lowest BCUT2D eigenvalue weighted by atomic mass is 10.1. The van der Waals surface area contributed by atoms with Crippen molar-refractivity contribution in [1.82, 2.24) is 14.9 Å². The number of carboxylic acid groups (broad SMARTS) is 1. The first-order chi connectivity index (χ1) is 19.0. The van der Waals surface area contributed by atoms with Gasteiger partial charge in [-0.3, -0.25) is 9.88 Å². The van der Waals surface area contributed by atoms with E-state index in [1.54, 1.807) is 5.38 Å². The Kier molecular flexibility index (Phi) is 7.14. The minimum absolute atomic E-state index is 0.0860. The van der Waals surface area contributed by atoms with Crippen molar-refractivity contribution in [3.05, 3.63) is 80.5 Å². The van der Waals surface area contributed by atoms with Crippen LogP contribution in [0.25, 0.3) is 0 Å². The third-order valence-electron chi connectivity index (χ3n) is 6.67. The third-order valence-corrected chi connectivity index (χ3v) is 7.56. The Hall–Kier alpha value is -3.62. The number of fused-ring (bicyclic) bond motifs is 1. The highest BCUT2D eigenvalue weighted by Crippen LogP contribution is 2.44. The number of amides is 2. The lowest BCUT2D eigenvalue weighted by molar-refractivity contribution is -0.159. The van der Waals surface area contributed by atoms with E-state index < -0.39 is 48.5 Å². The van der Waals surface area contributed by atoms with Crippen LogP contribution in [0.15, 0.2) is 58.8 Å². The van der Waals surface area contributed by atoms with E-state index >= 15 is 0 Å². The van der Waals surface area contributed by atoms with Crippen molar-refractivity contribution >= 4 is 29.2 Å². The maximum Gasteiger partial charge on any atom is 0.351 e. The van der Waals surface area contributed by atoms with Crippen molar-refractivity contribution in [1.29, 1.82) is 0 Å². The van der Waals surface area contributed by atoms with E-state index in [0.29, 0.717) is 4.88 Å². The number of thiophene rings is 1. The number of carbonyl (C=O) groups is 2. The predicted octanol–water partition coefficient (Wildman–Crippen LogP) is 2.88. The summed E-state index contributed by atoms with van der Waals surface area (Å²) in [7, 11) is 0. The van der Waals surface area contributed by atoms with Crippen molar-refractivity contribution in [2.75, 3.05) is 11.9 Å². The Morgan fingerprint density at radius 3 is 2.64 bits per heavy atom. The van der Waals surface area contributed by atoms with Gasteiger partial charge < -0.3 is 29.4 Å². The van der Waals surface area contributed by atoms with Gasteiger partial charge in [0, 0.05) is 22.7 Å². The number of carbonyl (C=O) groups excluding carboxylic acids is 1. The van der Waals surface area contributed by atoms with E-state index in [-0.39, 0.29) is 30.6 Å². The number of urea groups is 1. The molecule has 4 heterocycles.